The Hall–Kier alpha value is -1.32. The van der Waals surface area contributed by atoms with Gasteiger partial charge in [-0.2, -0.15) is 5.10 Å². The van der Waals surface area contributed by atoms with Crippen molar-refractivity contribution in [2.75, 3.05) is 0 Å². The normalized spacial score (nSPS) is 14.4. The zero-order valence-corrected chi connectivity index (χ0v) is 11.6. The number of aryl methyl sites for hydroxylation is 1. The van der Waals surface area contributed by atoms with Gasteiger partial charge in [0.1, 0.15) is 0 Å². The lowest BCUT2D eigenvalue weighted by Crippen LogP contribution is -2.22. The molecule has 0 aliphatic carbocycles. The zero-order chi connectivity index (χ0) is 13.1. The molecule has 0 spiro atoms. The first-order chi connectivity index (χ1) is 8.56. The van der Waals surface area contributed by atoms with Crippen LogP contribution in [-0.4, -0.2) is 9.78 Å². The van der Waals surface area contributed by atoms with Crippen molar-refractivity contribution in [2.24, 2.45) is 7.05 Å². The highest BCUT2D eigenvalue weighted by atomic mass is 35.5. The summed E-state index contributed by atoms with van der Waals surface area (Å²) in [6, 6.07) is 8.45. The maximum Gasteiger partial charge on any atom is 0.0537 e. The van der Waals surface area contributed by atoms with E-state index in [4.69, 9.17) is 11.6 Å². The molecule has 1 aromatic carbocycles. The first kappa shape index (κ1) is 13.1. The number of hydrogen-bond donors (Lipinski definition) is 1. The van der Waals surface area contributed by atoms with Crippen LogP contribution < -0.4 is 5.32 Å². The first-order valence-electron chi connectivity index (χ1n) is 6.06. The Morgan fingerprint density at radius 2 is 1.94 bits per heavy atom. The van der Waals surface area contributed by atoms with Crippen LogP contribution in [0.5, 0.6) is 0 Å². The summed E-state index contributed by atoms with van der Waals surface area (Å²) in [5.41, 5.74) is 2.38. The summed E-state index contributed by atoms with van der Waals surface area (Å²) in [5, 5.41) is 8.50. The molecule has 96 valence electrons. The van der Waals surface area contributed by atoms with Crippen molar-refractivity contribution in [1.82, 2.24) is 15.1 Å². The Kier molecular flexibility index (Phi) is 4.04. The summed E-state index contributed by atoms with van der Waals surface area (Å²) in [5.74, 6) is 0. The number of hydrogen-bond acceptors (Lipinski definition) is 2. The third-order valence-corrected chi connectivity index (χ3v) is 3.31. The van der Waals surface area contributed by atoms with E-state index in [1.165, 1.54) is 11.1 Å². The van der Waals surface area contributed by atoms with Crippen molar-refractivity contribution in [2.45, 2.75) is 25.9 Å². The fourth-order valence-electron chi connectivity index (χ4n) is 2.01. The minimum absolute atomic E-state index is 0.249. The number of halogens is 1. The van der Waals surface area contributed by atoms with Gasteiger partial charge in [-0.3, -0.25) is 4.68 Å². The Bertz CT molecular complexity index is 521. The molecule has 2 atom stereocenters. The third kappa shape index (κ3) is 3.12. The molecule has 0 radical (unpaired) electrons. The highest BCUT2D eigenvalue weighted by Crippen LogP contribution is 2.21. The van der Waals surface area contributed by atoms with Gasteiger partial charge >= 0.3 is 0 Å². The summed E-state index contributed by atoms with van der Waals surface area (Å²) in [6.07, 6.45) is 3.92. The van der Waals surface area contributed by atoms with Crippen LogP contribution >= 0.6 is 11.6 Å². The van der Waals surface area contributed by atoms with Gasteiger partial charge in [-0.25, -0.2) is 0 Å². The van der Waals surface area contributed by atoms with E-state index in [2.05, 4.69) is 30.3 Å². The molecule has 0 aliphatic heterocycles. The molecule has 2 aromatic rings. The van der Waals surface area contributed by atoms with Crippen LogP contribution in [0, 0.1) is 0 Å². The van der Waals surface area contributed by atoms with Crippen LogP contribution in [0.2, 0.25) is 5.02 Å². The fourth-order valence-corrected chi connectivity index (χ4v) is 2.21. The van der Waals surface area contributed by atoms with Crippen molar-refractivity contribution >= 4 is 11.6 Å². The summed E-state index contributed by atoms with van der Waals surface area (Å²) in [6.45, 7) is 4.27. The van der Waals surface area contributed by atoms with Gasteiger partial charge in [0.05, 0.1) is 6.20 Å². The maximum atomic E-state index is 6.00. The van der Waals surface area contributed by atoms with Crippen molar-refractivity contribution < 1.29 is 0 Å². The van der Waals surface area contributed by atoms with Crippen molar-refractivity contribution in [1.29, 1.82) is 0 Å². The molecule has 18 heavy (non-hydrogen) atoms. The summed E-state index contributed by atoms with van der Waals surface area (Å²) < 4.78 is 1.82. The average Bonchev–Trinajstić information content (AvgIpc) is 2.76. The highest BCUT2D eigenvalue weighted by Gasteiger charge is 2.12. The largest absolute Gasteiger partial charge is 0.304 e. The van der Waals surface area contributed by atoms with Crippen molar-refractivity contribution in [3.05, 3.63) is 52.8 Å². The van der Waals surface area contributed by atoms with Gasteiger partial charge in [0.2, 0.25) is 0 Å². The smallest absolute Gasteiger partial charge is 0.0537 e. The van der Waals surface area contributed by atoms with E-state index in [-0.39, 0.29) is 12.1 Å². The van der Waals surface area contributed by atoms with Crippen LogP contribution in [-0.2, 0) is 7.05 Å². The van der Waals surface area contributed by atoms with Crippen LogP contribution in [0.25, 0.3) is 0 Å². The molecule has 1 N–H and O–H groups in total. The van der Waals surface area contributed by atoms with Crippen LogP contribution in [0.3, 0.4) is 0 Å². The lowest BCUT2D eigenvalue weighted by atomic mass is 10.1. The van der Waals surface area contributed by atoms with E-state index in [1.54, 1.807) is 0 Å². The third-order valence-electron chi connectivity index (χ3n) is 3.07. The molecular weight excluding hydrogens is 246 g/mol. The average molecular weight is 264 g/mol. The molecule has 0 bridgehead atoms. The number of nitrogens with zero attached hydrogens (tertiary/aromatic N) is 2. The molecule has 0 aliphatic rings. The second-order valence-electron chi connectivity index (χ2n) is 4.61. The van der Waals surface area contributed by atoms with E-state index in [0.717, 1.165) is 5.02 Å². The number of rotatable bonds is 4. The molecule has 2 unspecified atom stereocenters. The zero-order valence-electron chi connectivity index (χ0n) is 10.9. The topological polar surface area (TPSA) is 29.9 Å². The molecule has 0 saturated heterocycles. The molecule has 3 nitrogen and oxygen atoms in total. The predicted octanol–water partition coefficient (Wildman–Crippen LogP) is 3.49. The fraction of sp³-hybridized carbons (Fsp3) is 0.357. The first-order valence-corrected chi connectivity index (χ1v) is 6.44. The minimum atomic E-state index is 0.249. The number of nitrogens with one attached hydrogen (secondary N) is 1. The van der Waals surface area contributed by atoms with Crippen LogP contribution in [0.4, 0.5) is 0 Å². The molecule has 0 fully saturated rings. The van der Waals surface area contributed by atoms with Gasteiger partial charge in [-0.05, 0) is 31.5 Å². The number of aromatic nitrogens is 2. The standard InChI is InChI=1S/C14H18ClN3/c1-10(12-5-4-6-14(15)7-12)17-11(2)13-8-16-18(3)9-13/h4-11,17H,1-3H3. The molecule has 1 heterocycles. The Balaban J connectivity index is 2.05. The van der Waals surface area contributed by atoms with E-state index in [9.17, 15) is 0 Å². The molecule has 1 aromatic heterocycles. The van der Waals surface area contributed by atoms with E-state index >= 15 is 0 Å². The van der Waals surface area contributed by atoms with Gasteiger partial charge in [0.15, 0.2) is 0 Å². The Morgan fingerprint density at radius 1 is 1.22 bits per heavy atom. The minimum Gasteiger partial charge on any atom is -0.304 e. The molecule has 4 heteroatoms. The second kappa shape index (κ2) is 5.55. The van der Waals surface area contributed by atoms with Crippen molar-refractivity contribution in [3.63, 3.8) is 0 Å². The van der Waals surface area contributed by atoms with Crippen molar-refractivity contribution in [3.8, 4) is 0 Å². The molecule has 2 rings (SSSR count). The Morgan fingerprint density at radius 3 is 2.56 bits per heavy atom. The lowest BCUT2D eigenvalue weighted by Gasteiger charge is -2.19. The van der Waals surface area contributed by atoms with Gasteiger partial charge in [0.25, 0.3) is 0 Å². The number of benzene rings is 1. The van der Waals surface area contributed by atoms with E-state index < -0.39 is 0 Å². The molecular formula is C14H18ClN3. The summed E-state index contributed by atoms with van der Waals surface area (Å²) in [4.78, 5) is 0. The van der Waals surface area contributed by atoms with Gasteiger partial charge in [0, 0.05) is 35.9 Å². The van der Waals surface area contributed by atoms with Gasteiger partial charge < -0.3 is 5.32 Å². The second-order valence-corrected chi connectivity index (χ2v) is 5.05. The van der Waals surface area contributed by atoms with Gasteiger partial charge in [-0.1, -0.05) is 23.7 Å². The van der Waals surface area contributed by atoms with E-state index in [0.29, 0.717) is 0 Å². The monoisotopic (exact) mass is 263 g/mol. The lowest BCUT2D eigenvalue weighted by molar-refractivity contribution is 0.494. The van der Waals surface area contributed by atoms with E-state index in [1.807, 2.05) is 42.3 Å². The van der Waals surface area contributed by atoms with Crippen LogP contribution in [0.1, 0.15) is 37.1 Å². The summed E-state index contributed by atoms with van der Waals surface area (Å²) >= 11 is 6.00. The Labute approximate surface area is 113 Å². The highest BCUT2D eigenvalue weighted by molar-refractivity contribution is 6.30. The molecule has 0 saturated carbocycles. The van der Waals surface area contributed by atoms with Gasteiger partial charge in [-0.15, -0.1) is 0 Å². The SMILES string of the molecule is CC(NC(C)c1cnn(C)c1)c1cccc(Cl)c1. The maximum absolute atomic E-state index is 6.00. The summed E-state index contributed by atoms with van der Waals surface area (Å²) in [7, 11) is 1.93. The predicted molar refractivity (Wildman–Crippen MR) is 74.6 cm³/mol. The van der Waals surface area contributed by atoms with Crippen LogP contribution in [0.15, 0.2) is 36.7 Å². The molecule has 0 amide bonds. The quantitative estimate of drug-likeness (QED) is 0.915.